The largest absolute Gasteiger partial charge is 0.445 e. The molecule has 1 aliphatic rings. The van der Waals surface area contributed by atoms with Gasteiger partial charge in [0.2, 0.25) is 0 Å². The normalized spacial score (nSPS) is 20.8. The number of rotatable bonds is 9. The van der Waals surface area contributed by atoms with Crippen LogP contribution in [-0.4, -0.2) is 50.3 Å². The number of amides is 1. The number of alkyl carbamates (subject to hydrolysis) is 1. The number of sulfone groups is 1. The van der Waals surface area contributed by atoms with Gasteiger partial charge in [0.25, 0.3) is 0 Å². The Hall–Kier alpha value is -2.64. The summed E-state index contributed by atoms with van der Waals surface area (Å²) in [4.78, 5) is 15.1. The zero-order valence-electron chi connectivity index (χ0n) is 20.3. The minimum atomic E-state index is -3.52. The number of hydrogen-bond donors (Lipinski definition) is 1. The van der Waals surface area contributed by atoms with Gasteiger partial charge >= 0.3 is 6.09 Å². The highest BCUT2D eigenvalue weighted by molar-refractivity contribution is 7.91. The van der Waals surface area contributed by atoms with E-state index in [0.29, 0.717) is 23.8 Å². The summed E-state index contributed by atoms with van der Waals surface area (Å²) in [5.41, 5.74) is 1.78. The van der Waals surface area contributed by atoms with Crippen LogP contribution in [0.1, 0.15) is 44.2 Å². The molecule has 34 heavy (non-hydrogen) atoms. The maximum atomic E-state index is 13.3. The molecule has 0 bridgehead atoms. The van der Waals surface area contributed by atoms with Crippen molar-refractivity contribution in [2.75, 3.05) is 12.8 Å². The van der Waals surface area contributed by atoms with Crippen molar-refractivity contribution in [2.45, 2.75) is 62.7 Å². The summed E-state index contributed by atoms with van der Waals surface area (Å²) in [7, 11) is -1.44. The minimum Gasteiger partial charge on any atom is -0.445 e. The van der Waals surface area contributed by atoms with Crippen molar-refractivity contribution in [1.29, 1.82) is 0 Å². The summed E-state index contributed by atoms with van der Waals surface area (Å²) in [5, 5.41) is 2.96. The average Bonchev–Trinajstić information content (AvgIpc) is 2.83. The second kappa shape index (κ2) is 11.7. The van der Waals surface area contributed by atoms with E-state index >= 15 is 0 Å². The summed E-state index contributed by atoms with van der Waals surface area (Å²) >= 11 is 0. The fraction of sp³-hybridized carbons (Fsp3) is 0.444. The van der Waals surface area contributed by atoms with Crippen molar-refractivity contribution in [3.8, 4) is 0 Å². The van der Waals surface area contributed by atoms with Crippen LogP contribution < -0.4 is 5.32 Å². The first-order valence-electron chi connectivity index (χ1n) is 11.8. The first kappa shape index (κ1) is 26.0. The van der Waals surface area contributed by atoms with Crippen molar-refractivity contribution in [3.63, 3.8) is 0 Å². The SMILES string of the molecule is C=Cc1ccc(S(=O)(=O)C[C@H]2C[C@H](N(C)C(C)C)CC[C@@H]2NC(=O)OCc2ccccc2)cc1. The standard InChI is InChI=1S/C27H36N2O4S/c1-5-21-11-14-25(15-12-21)34(31,32)19-23-17-24(29(4)20(2)3)13-16-26(23)28-27(30)33-18-22-9-7-6-8-10-22/h5-12,14-15,20,23-24,26H,1,13,16-19H2,2-4H3,(H,28,30)/t23-,24-,26+/m1/s1. The fourth-order valence-electron chi connectivity index (χ4n) is 4.51. The van der Waals surface area contributed by atoms with E-state index in [-0.39, 0.29) is 30.4 Å². The lowest BCUT2D eigenvalue weighted by molar-refractivity contribution is 0.100. The summed E-state index contributed by atoms with van der Waals surface area (Å²) in [6, 6.07) is 16.6. The Morgan fingerprint density at radius 2 is 1.82 bits per heavy atom. The molecule has 2 aromatic rings. The molecule has 1 saturated carbocycles. The molecule has 0 spiro atoms. The molecule has 0 aliphatic heterocycles. The lowest BCUT2D eigenvalue weighted by atomic mass is 9.81. The summed E-state index contributed by atoms with van der Waals surface area (Å²) in [6.07, 6.45) is 3.47. The van der Waals surface area contributed by atoms with Gasteiger partial charge in [0, 0.05) is 18.1 Å². The Morgan fingerprint density at radius 3 is 2.44 bits per heavy atom. The molecule has 6 nitrogen and oxygen atoms in total. The molecule has 1 N–H and O–H groups in total. The highest BCUT2D eigenvalue weighted by Crippen LogP contribution is 2.31. The molecule has 0 aromatic heterocycles. The lowest BCUT2D eigenvalue weighted by Crippen LogP contribution is -2.51. The number of ether oxygens (including phenoxy) is 1. The molecule has 184 valence electrons. The predicted molar refractivity (Wildman–Crippen MR) is 136 cm³/mol. The molecule has 0 saturated heterocycles. The summed E-state index contributed by atoms with van der Waals surface area (Å²) in [6.45, 7) is 8.17. The Labute approximate surface area is 203 Å². The molecule has 3 atom stereocenters. The van der Waals surface area contributed by atoms with Gasteiger partial charge in [0.15, 0.2) is 9.84 Å². The van der Waals surface area contributed by atoms with E-state index in [4.69, 9.17) is 4.74 Å². The maximum absolute atomic E-state index is 13.3. The number of carbonyl (C=O) groups excluding carboxylic acids is 1. The van der Waals surface area contributed by atoms with E-state index in [1.165, 1.54) is 0 Å². The van der Waals surface area contributed by atoms with Crippen molar-refractivity contribution in [3.05, 3.63) is 72.3 Å². The quantitative estimate of drug-likeness (QED) is 0.547. The van der Waals surface area contributed by atoms with Crippen molar-refractivity contribution in [2.24, 2.45) is 5.92 Å². The molecule has 0 unspecified atom stereocenters. The molecule has 7 heteroatoms. The topological polar surface area (TPSA) is 75.7 Å². The first-order chi connectivity index (χ1) is 16.2. The van der Waals surface area contributed by atoms with Gasteiger partial charge in [-0.2, -0.15) is 0 Å². The highest BCUT2D eigenvalue weighted by Gasteiger charge is 2.37. The van der Waals surface area contributed by atoms with Gasteiger partial charge in [-0.3, -0.25) is 0 Å². The van der Waals surface area contributed by atoms with Gasteiger partial charge in [0.1, 0.15) is 6.61 Å². The molecular formula is C27H36N2O4S. The van der Waals surface area contributed by atoms with E-state index in [0.717, 1.165) is 17.5 Å². The van der Waals surface area contributed by atoms with Gasteiger partial charge in [-0.15, -0.1) is 0 Å². The van der Waals surface area contributed by atoms with E-state index in [2.05, 4.69) is 37.7 Å². The van der Waals surface area contributed by atoms with Crippen LogP contribution in [0.15, 0.2) is 66.1 Å². The van der Waals surface area contributed by atoms with Gasteiger partial charge in [-0.25, -0.2) is 13.2 Å². The van der Waals surface area contributed by atoms with E-state index in [1.54, 1.807) is 30.3 Å². The Kier molecular flexibility index (Phi) is 8.91. The third kappa shape index (κ3) is 6.93. The molecular weight excluding hydrogens is 448 g/mol. The van der Waals surface area contributed by atoms with E-state index in [1.807, 2.05) is 30.3 Å². The molecule has 1 fully saturated rings. The van der Waals surface area contributed by atoms with Crippen LogP contribution >= 0.6 is 0 Å². The van der Waals surface area contributed by atoms with Gasteiger partial charge in [-0.1, -0.05) is 55.1 Å². The molecule has 2 aromatic carbocycles. The summed E-state index contributed by atoms with van der Waals surface area (Å²) < 4.78 is 32.0. The van der Waals surface area contributed by atoms with Gasteiger partial charge in [-0.05, 0) is 69.3 Å². The van der Waals surface area contributed by atoms with Crippen LogP contribution in [-0.2, 0) is 21.2 Å². The minimum absolute atomic E-state index is 0.0213. The average molecular weight is 485 g/mol. The second-order valence-corrected chi connectivity index (χ2v) is 11.4. The number of hydrogen-bond acceptors (Lipinski definition) is 5. The van der Waals surface area contributed by atoms with Gasteiger partial charge < -0.3 is 15.0 Å². The third-order valence-corrected chi connectivity index (χ3v) is 8.63. The van der Waals surface area contributed by atoms with Crippen LogP contribution in [0.4, 0.5) is 4.79 Å². The Bertz CT molecular complexity index is 1050. The lowest BCUT2D eigenvalue weighted by Gasteiger charge is -2.41. The predicted octanol–water partition coefficient (Wildman–Crippen LogP) is 4.91. The van der Waals surface area contributed by atoms with Gasteiger partial charge in [0.05, 0.1) is 10.6 Å². The zero-order valence-corrected chi connectivity index (χ0v) is 21.1. The highest BCUT2D eigenvalue weighted by atomic mass is 32.2. The van der Waals surface area contributed by atoms with Crippen molar-refractivity contribution >= 4 is 22.0 Å². The Morgan fingerprint density at radius 1 is 1.15 bits per heavy atom. The van der Waals surface area contributed by atoms with Crippen LogP contribution in [0.25, 0.3) is 6.08 Å². The first-order valence-corrected chi connectivity index (χ1v) is 13.5. The number of nitrogens with one attached hydrogen (secondary N) is 1. The fourth-order valence-corrected chi connectivity index (χ4v) is 6.19. The van der Waals surface area contributed by atoms with E-state index < -0.39 is 15.9 Å². The van der Waals surface area contributed by atoms with Crippen LogP contribution in [0, 0.1) is 5.92 Å². The monoisotopic (exact) mass is 484 g/mol. The smallest absolute Gasteiger partial charge is 0.407 e. The van der Waals surface area contributed by atoms with Crippen LogP contribution in [0.5, 0.6) is 0 Å². The zero-order chi connectivity index (χ0) is 24.7. The van der Waals surface area contributed by atoms with Crippen molar-refractivity contribution < 1.29 is 17.9 Å². The molecule has 1 amide bonds. The molecule has 0 radical (unpaired) electrons. The van der Waals surface area contributed by atoms with Crippen molar-refractivity contribution in [1.82, 2.24) is 10.2 Å². The Balaban J connectivity index is 1.72. The molecule has 1 aliphatic carbocycles. The van der Waals surface area contributed by atoms with Crippen LogP contribution in [0.3, 0.4) is 0 Å². The molecule has 3 rings (SSSR count). The number of benzene rings is 2. The van der Waals surface area contributed by atoms with E-state index in [9.17, 15) is 13.2 Å². The molecule has 0 heterocycles. The second-order valence-electron chi connectivity index (χ2n) is 9.35. The third-order valence-electron chi connectivity index (χ3n) is 6.77. The number of nitrogens with zero attached hydrogens (tertiary/aromatic N) is 1. The number of carbonyl (C=O) groups is 1. The van der Waals surface area contributed by atoms with Crippen LogP contribution in [0.2, 0.25) is 0 Å². The maximum Gasteiger partial charge on any atom is 0.407 e. The summed E-state index contributed by atoms with van der Waals surface area (Å²) in [5.74, 6) is -0.236.